The molecule has 2 N–H and O–H groups in total. The number of rotatable bonds is 5. The predicted octanol–water partition coefficient (Wildman–Crippen LogP) is 1.22. The van der Waals surface area contributed by atoms with Gasteiger partial charge in [-0.3, -0.25) is 13.8 Å². The molecular weight excluding hydrogens is 374 g/mol. The van der Waals surface area contributed by atoms with Crippen LogP contribution in [-0.2, 0) is 13.2 Å². The van der Waals surface area contributed by atoms with E-state index in [4.69, 9.17) is 17.3 Å². The average molecular weight is 403 g/mol. The summed E-state index contributed by atoms with van der Waals surface area (Å²) in [5.74, 6) is 1.11. The molecule has 3 heterocycles. The monoisotopic (exact) mass is 402 g/mol. The zero-order valence-corrected chi connectivity index (χ0v) is 17.3. The topological polar surface area (TPSA) is 68.9 Å². The Hall–Kier alpha value is -2.03. The maximum Gasteiger partial charge on any atom is 0.262 e. The van der Waals surface area contributed by atoms with E-state index in [9.17, 15) is 9.90 Å². The van der Waals surface area contributed by atoms with Crippen LogP contribution < -0.4 is 10.5 Å². The molecule has 1 fully saturated rings. The summed E-state index contributed by atoms with van der Waals surface area (Å²) < 4.78 is 6.16. The van der Waals surface area contributed by atoms with E-state index in [0.717, 1.165) is 37.9 Å². The molecule has 0 radical (unpaired) electrons. The number of hydrogen-bond donors (Lipinski definition) is 2. The lowest BCUT2D eigenvalue weighted by Crippen LogP contribution is -3.12. The van der Waals surface area contributed by atoms with Gasteiger partial charge in [-0.2, -0.15) is 4.68 Å². The smallest absolute Gasteiger partial charge is 0.262 e. The van der Waals surface area contributed by atoms with Crippen molar-refractivity contribution in [3.63, 3.8) is 0 Å². The normalized spacial score (nSPS) is 20.4. The molecule has 1 aromatic carbocycles. The lowest BCUT2D eigenvalue weighted by Gasteiger charge is -2.26. The molecule has 0 saturated carbocycles. The van der Waals surface area contributed by atoms with Crippen molar-refractivity contribution in [2.45, 2.75) is 52.4 Å². The van der Waals surface area contributed by atoms with Gasteiger partial charge in [-0.1, -0.05) is 26.0 Å². The van der Waals surface area contributed by atoms with Crippen LogP contribution in [0.25, 0.3) is 16.7 Å². The van der Waals surface area contributed by atoms with Gasteiger partial charge < -0.3 is 10.0 Å². The van der Waals surface area contributed by atoms with Gasteiger partial charge in [0.15, 0.2) is 6.67 Å². The van der Waals surface area contributed by atoms with Crippen LogP contribution in [0.5, 0.6) is 0 Å². The van der Waals surface area contributed by atoms with Crippen LogP contribution in [0.1, 0.15) is 33.1 Å². The minimum Gasteiger partial charge on any atom is -0.393 e. The molecule has 3 aromatic rings. The molecule has 7 nitrogen and oxygen atoms in total. The van der Waals surface area contributed by atoms with Gasteiger partial charge in [-0.25, -0.2) is 0 Å². The highest BCUT2D eigenvalue weighted by molar-refractivity contribution is 7.71. The zero-order valence-electron chi connectivity index (χ0n) is 16.5. The number of aromatic nitrogens is 4. The Morgan fingerprint density at radius 3 is 2.71 bits per heavy atom. The van der Waals surface area contributed by atoms with Crippen molar-refractivity contribution in [3.05, 3.63) is 39.4 Å². The maximum atomic E-state index is 13.1. The molecule has 0 spiro atoms. The van der Waals surface area contributed by atoms with E-state index in [1.54, 1.807) is 4.57 Å². The fourth-order valence-electron chi connectivity index (χ4n) is 3.94. The van der Waals surface area contributed by atoms with Crippen molar-refractivity contribution in [2.24, 2.45) is 5.92 Å². The first-order valence-electron chi connectivity index (χ1n) is 10.1. The van der Waals surface area contributed by atoms with Gasteiger partial charge in [0.1, 0.15) is 0 Å². The van der Waals surface area contributed by atoms with Crippen molar-refractivity contribution in [1.82, 2.24) is 18.7 Å². The summed E-state index contributed by atoms with van der Waals surface area (Å²) in [4.78, 5) is 14.5. The Kier molecular flexibility index (Phi) is 5.35. The summed E-state index contributed by atoms with van der Waals surface area (Å²) >= 11 is 5.77. The molecule has 8 heteroatoms. The fourth-order valence-corrected chi connectivity index (χ4v) is 4.23. The van der Waals surface area contributed by atoms with E-state index < -0.39 is 0 Å². The number of likely N-dealkylation sites (tertiary alicyclic amines) is 1. The third-order valence-electron chi connectivity index (χ3n) is 5.65. The molecule has 0 bridgehead atoms. The third-order valence-corrected chi connectivity index (χ3v) is 6.04. The van der Waals surface area contributed by atoms with Crippen molar-refractivity contribution in [2.75, 3.05) is 13.1 Å². The highest BCUT2D eigenvalue weighted by Crippen LogP contribution is 2.15. The number of fused-ring (bicyclic) bond motifs is 3. The van der Waals surface area contributed by atoms with Crippen LogP contribution in [0.15, 0.2) is 29.1 Å². The largest absolute Gasteiger partial charge is 0.393 e. The van der Waals surface area contributed by atoms with Crippen molar-refractivity contribution >= 4 is 28.9 Å². The third kappa shape index (κ3) is 3.52. The number of nitrogens with one attached hydrogen (secondary N) is 1. The van der Waals surface area contributed by atoms with E-state index in [0.29, 0.717) is 35.1 Å². The summed E-state index contributed by atoms with van der Waals surface area (Å²) in [5, 5.41) is 15.2. The number of aryl methyl sites for hydroxylation is 1. The minimum atomic E-state index is -0.192. The van der Waals surface area contributed by atoms with E-state index in [1.807, 2.05) is 33.3 Å². The highest BCUT2D eigenvalue weighted by atomic mass is 32.1. The predicted molar refractivity (Wildman–Crippen MR) is 111 cm³/mol. The first-order chi connectivity index (χ1) is 13.5. The minimum absolute atomic E-state index is 0.00987. The Balaban J connectivity index is 1.84. The van der Waals surface area contributed by atoms with Crippen molar-refractivity contribution in [1.29, 1.82) is 0 Å². The molecule has 0 unspecified atom stereocenters. The molecular formula is C20H28N5O2S+. The number of aliphatic hydroxyl groups excluding tert-OH is 1. The molecule has 0 amide bonds. The molecule has 28 heavy (non-hydrogen) atoms. The number of nitrogens with zero attached hydrogens (tertiary/aromatic N) is 4. The molecule has 150 valence electrons. The molecule has 0 aliphatic carbocycles. The Morgan fingerprint density at radius 2 is 2.00 bits per heavy atom. The van der Waals surface area contributed by atoms with Gasteiger partial charge in [0.2, 0.25) is 10.5 Å². The number of para-hydroxylation sites is 1. The summed E-state index contributed by atoms with van der Waals surface area (Å²) in [6.45, 7) is 7.39. The van der Waals surface area contributed by atoms with E-state index in [2.05, 4.69) is 13.8 Å². The molecule has 1 saturated heterocycles. The van der Waals surface area contributed by atoms with Gasteiger partial charge in [0.05, 0.1) is 30.1 Å². The molecule has 4 rings (SSSR count). The van der Waals surface area contributed by atoms with Crippen LogP contribution in [0.3, 0.4) is 0 Å². The van der Waals surface area contributed by atoms with Crippen molar-refractivity contribution < 1.29 is 10.0 Å². The summed E-state index contributed by atoms with van der Waals surface area (Å²) in [7, 11) is 0. The summed E-state index contributed by atoms with van der Waals surface area (Å²) in [6.07, 6.45) is 2.32. The lowest BCUT2D eigenvalue weighted by molar-refractivity contribution is -0.929. The fraction of sp³-hybridized carbons (Fsp3) is 0.550. The second-order valence-corrected chi connectivity index (χ2v) is 8.58. The van der Waals surface area contributed by atoms with Crippen molar-refractivity contribution in [3.8, 4) is 0 Å². The number of benzene rings is 1. The first-order valence-corrected chi connectivity index (χ1v) is 10.5. The standard InChI is InChI=1S/C20H27N5O2S/c1-14(2)7-12-23-18(27)16-5-3-4-6-17(16)25-19(23)21-24(20(25)28)13-22-10-8-15(26)9-11-22/h3-6,14-15,26H,7-13H2,1-2H3/p+1. The van der Waals surface area contributed by atoms with Gasteiger partial charge in [0, 0.05) is 19.4 Å². The number of piperidine rings is 1. The Morgan fingerprint density at radius 1 is 1.29 bits per heavy atom. The van der Waals surface area contributed by atoms with Gasteiger partial charge >= 0.3 is 0 Å². The first kappa shape index (κ1) is 19.3. The number of aliphatic hydroxyl groups is 1. The molecule has 0 atom stereocenters. The van der Waals surface area contributed by atoms with Gasteiger partial charge in [-0.15, -0.1) is 5.10 Å². The SMILES string of the molecule is CC(C)CCn1c(=O)c2ccccc2n2c(=S)n(C[NH+]3CCC(O)CC3)nc12. The van der Waals surface area contributed by atoms with E-state index in [1.165, 1.54) is 4.90 Å². The lowest BCUT2D eigenvalue weighted by atomic mass is 10.1. The highest BCUT2D eigenvalue weighted by Gasteiger charge is 2.22. The van der Waals surface area contributed by atoms with Crippen LogP contribution in [-0.4, -0.2) is 43.0 Å². The molecule has 1 aliphatic heterocycles. The quantitative estimate of drug-likeness (QED) is 0.630. The Labute approximate surface area is 168 Å². The maximum absolute atomic E-state index is 13.1. The van der Waals surface area contributed by atoms with Crippen LogP contribution in [0.2, 0.25) is 0 Å². The number of quaternary nitrogens is 1. The average Bonchev–Trinajstić information content (AvgIpc) is 2.99. The van der Waals surface area contributed by atoms with Gasteiger partial charge in [-0.05, 0) is 36.7 Å². The van der Waals surface area contributed by atoms with Crippen LogP contribution in [0, 0.1) is 10.7 Å². The summed E-state index contributed by atoms with van der Waals surface area (Å²) in [5.41, 5.74) is 0.799. The van der Waals surface area contributed by atoms with Gasteiger partial charge in [0.25, 0.3) is 5.56 Å². The second-order valence-electron chi connectivity index (χ2n) is 8.21. The van der Waals surface area contributed by atoms with Crippen LogP contribution >= 0.6 is 12.2 Å². The Bertz CT molecular complexity index is 1110. The van der Waals surface area contributed by atoms with E-state index in [-0.39, 0.29) is 11.7 Å². The van der Waals surface area contributed by atoms with Crippen LogP contribution in [0.4, 0.5) is 0 Å². The zero-order chi connectivity index (χ0) is 19.8. The van der Waals surface area contributed by atoms with E-state index >= 15 is 0 Å². The summed E-state index contributed by atoms with van der Waals surface area (Å²) in [6, 6.07) is 7.61. The molecule has 1 aliphatic rings. The molecule has 2 aromatic heterocycles. The second kappa shape index (κ2) is 7.77. The number of hydrogen-bond acceptors (Lipinski definition) is 4.